The summed E-state index contributed by atoms with van der Waals surface area (Å²) in [5.74, 6) is 0. The predicted molar refractivity (Wildman–Crippen MR) is 60.5 cm³/mol. The summed E-state index contributed by atoms with van der Waals surface area (Å²) in [7, 11) is 0. The van der Waals surface area contributed by atoms with Crippen LogP contribution in [0.4, 0.5) is 0 Å². The maximum atomic E-state index is 5.88. The number of hydrogen-bond donors (Lipinski definition) is 0. The van der Waals surface area contributed by atoms with E-state index in [0.29, 0.717) is 0 Å². The Morgan fingerprint density at radius 2 is 2.21 bits per heavy atom. The molecule has 0 radical (unpaired) electrons. The first-order chi connectivity index (χ1) is 6.75. The van der Waals surface area contributed by atoms with E-state index in [2.05, 4.69) is 21.0 Å². The van der Waals surface area contributed by atoms with Crippen LogP contribution < -0.4 is 0 Å². The van der Waals surface area contributed by atoms with Crippen molar-refractivity contribution in [3.8, 4) is 0 Å². The first-order valence-electron chi connectivity index (χ1n) is 4.17. The summed E-state index contributed by atoms with van der Waals surface area (Å²) in [4.78, 5) is 0. The van der Waals surface area contributed by atoms with E-state index in [9.17, 15) is 0 Å². The van der Waals surface area contributed by atoms with E-state index in [-0.39, 0.29) is 0 Å². The highest BCUT2D eigenvalue weighted by molar-refractivity contribution is 9.10. The second-order valence-electron chi connectivity index (χ2n) is 2.94. The van der Waals surface area contributed by atoms with E-state index in [0.717, 1.165) is 21.7 Å². The van der Waals surface area contributed by atoms with Gasteiger partial charge < -0.3 is 0 Å². The first-order valence-corrected chi connectivity index (χ1v) is 5.34. The third-order valence-corrected chi connectivity index (χ3v) is 2.79. The van der Waals surface area contributed by atoms with Gasteiger partial charge in [-0.25, -0.2) is 0 Å². The minimum atomic E-state index is 0.730. The van der Waals surface area contributed by atoms with Gasteiger partial charge in [-0.2, -0.15) is 5.10 Å². The Bertz CT molecular complexity index is 439. The molecule has 2 rings (SSSR count). The standard InChI is InChI=1S/C10H8BrClN2/c11-10-4-5-13-14(10)7-8-2-1-3-9(12)6-8/h1-6H,7H2. The normalized spacial score (nSPS) is 10.4. The summed E-state index contributed by atoms with van der Waals surface area (Å²) in [5.41, 5.74) is 1.14. The molecular formula is C10H8BrClN2. The zero-order valence-electron chi connectivity index (χ0n) is 7.32. The van der Waals surface area contributed by atoms with Gasteiger partial charge in [0.15, 0.2) is 0 Å². The highest BCUT2D eigenvalue weighted by Crippen LogP contribution is 2.14. The molecule has 0 spiro atoms. The summed E-state index contributed by atoms with van der Waals surface area (Å²) < 4.78 is 2.84. The lowest BCUT2D eigenvalue weighted by atomic mass is 10.2. The van der Waals surface area contributed by atoms with E-state index in [1.807, 2.05) is 35.0 Å². The van der Waals surface area contributed by atoms with Gasteiger partial charge in [0, 0.05) is 5.02 Å². The molecule has 0 amide bonds. The van der Waals surface area contributed by atoms with Gasteiger partial charge in [0.1, 0.15) is 4.60 Å². The largest absolute Gasteiger partial charge is 0.254 e. The molecule has 1 heterocycles. The molecule has 0 fully saturated rings. The Hall–Kier alpha value is -0.800. The zero-order chi connectivity index (χ0) is 9.97. The van der Waals surface area contributed by atoms with Crippen LogP contribution in [-0.2, 0) is 6.54 Å². The van der Waals surface area contributed by atoms with E-state index >= 15 is 0 Å². The van der Waals surface area contributed by atoms with Gasteiger partial charge in [-0.15, -0.1) is 0 Å². The van der Waals surface area contributed by atoms with Crippen LogP contribution in [0, 0.1) is 0 Å². The summed E-state index contributed by atoms with van der Waals surface area (Å²) in [5, 5.41) is 4.92. The molecule has 2 aromatic rings. The molecule has 0 bridgehead atoms. The molecule has 0 saturated heterocycles. The summed E-state index contributed by atoms with van der Waals surface area (Å²) in [6, 6.07) is 9.68. The van der Waals surface area contributed by atoms with Crippen molar-refractivity contribution in [2.75, 3.05) is 0 Å². The van der Waals surface area contributed by atoms with Crippen LogP contribution in [-0.4, -0.2) is 9.78 Å². The topological polar surface area (TPSA) is 17.8 Å². The number of aromatic nitrogens is 2. The maximum Gasteiger partial charge on any atom is 0.104 e. The summed E-state index contributed by atoms with van der Waals surface area (Å²) in [6.45, 7) is 0.730. The average molecular weight is 272 g/mol. The number of benzene rings is 1. The molecule has 72 valence electrons. The fraction of sp³-hybridized carbons (Fsp3) is 0.100. The van der Waals surface area contributed by atoms with Crippen LogP contribution in [0.5, 0.6) is 0 Å². The minimum Gasteiger partial charge on any atom is -0.254 e. The van der Waals surface area contributed by atoms with Gasteiger partial charge in [-0.1, -0.05) is 23.7 Å². The van der Waals surface area contributed by atoms with Crippen LogP contribution >= 0.6 is 27.5 Å². The number of rotatable bonds is 2. The number of nitrogens with zero attached hydrogens (tertiary/aromatic N) is 2. The number of hydrogen-bond acceptors (Lipinski definition) is 1. The van der Waals surface area contributed by atoms with Gasteiger partial charge in [0.25, 0.3) is 0 Å². The van der Waals surface area contributed by atoms with Gasteiger partial charge in [0.05, 0.1) is 12.7 Å². The highest BCUT2D eigenvalue weighted by atomic mass is 79.9. The van der Waals surface area contributed by atoms with Crippen molar-refractivity contribution < 1.29 is 0 Å². The second kappa shape index (κ2) is 4.15. The van der Waals surface area contributed by atoms with Crippen LogP contribution in [0.2, 0.25) is 5.02 Å². The van der Waals surface area contributed by atoms with E-state index in [4.69, 9.17) is 11.6 Å². The van der Waals surface area contributed by atoms with Crippen LogP contribution in [0.25, 0.3) is 0 Å². The lowest BCUT2D eigenvalue weighted by molar-refractivity contribution is 0.672. The summed E-state index contributed by atoms with van der Waals surface area (Å²) in [6.07, 6.45) is 1.76. The molecule has 0 aliphatic rings. The Morgan fingerprint density at radius 1 is 1.36 bits per heavy atom. The van der Waals surface area contributed by atoms with Crippen molar-refractivity contribution in [2.45, 2.75) is 6.54 Å². The highest BCUT2D eigenvalue weighted by Gasteiger charge is 2.00. The lowest BCUT2D eigenvalue weighted by Crippen LogP contribution is -2.01. The van der Waals surface area contributed by atoms with Gasteiger partial charge in [-0.05, 0) is 39.7 Å². The second-order valence-corrected chi connectivity index (χ2v) is 4.19. The molecular weight excluding hydrogens is 263 g/mol. The molecule has 4 heteroatoms. The Balaban J connectivity index is 2.23. The predicted octanol–water partition coefficient (Wildman–Crippen LogP) is 3.35. The average Bonchev–Trinajstić information content (AvgIpc) is 2.52. The molecule has 0 unspecified atom stereocenters. The Labute approximate surface area is 95.6 Å². The van der Waals surface area contributed by atoms with Crippen LogP contribution in [0.1, 0.15) is 5.56 Å². The van der Waals surface area contributed by atoms with Crippen molar-refractivity contribution in [3.05, 3.63) is 51.7 Å². The Morgan fingerprint density at radius 3 is 2.86 bits per heavy atom. The van der Waals surface area contributed by atoms with Crippen molar-refractivity contribution in [3.63, 3.8) is 0 Å². The third kappa shape index (κ3) is 2.16. The maximum absolute atomic E-state index is 5.88. The van der Waals surface area contributed by atoms with E-state index in [1.165, 1.54) is 0 Å². The van der Waals surface area contributed by atoms with Crippen molar-refractivity contribution >= 4 is 27.5 Å². The molecule has 2 nitrogen and oxygen atoms in total. The van der Waals surface area contributed by atoms with Gasteiger partial charge >= 0.3 is 0 Å². The quantitative estimate of drug-likeness (QED) is 0.819. The molecule has 1 aromatic carbocycles. The van der Waals surface area contributed by atoms with E-state index in [1.54, 1.807) is 6.20 Å². The fourth-order valence-electron chi connectivity index (χ4n) is 1.24. The molecule has 1 aromatic heterocycles. The summed E-state index contributed by atoms with van der Waals surface area (Å²) >= 11 is 9.29. The lowest BCUT2D eigenvalue weighted by Gasteiger charge is -2.03. The number of halogens is 2. The molecule has 14 heavy (non-hydrogen) atoms. The first kappa shape index (κ1) is 9.74. The van der Waals surface area contributed by atoms with Crippen LogP contribution in [0.15, 0.2) is 41.1 Å². The molecule has 0 atom stereocenters. The Kier molecular flexibility index (Phi) is 2.89. The van der Waals surface area contributed by atoms with Crippen molar-refractivity contribution in [2.24, 2.45) is 0 Å². The molecule has 0 N–H and O–H groups in total. The fourth-order valence-corrected chi connectivity index (χ4v) is 1.79. The monoisotopic (exact) mass is 270 g/mol. The van der Waals surface area contributed by atoms with E-state index < -0.39 is 0 Å². The minimum absolute atomic E-state index is 0.730. The molecule has 0 aliphatic heterocycles. The zero-order valence-corrected chi connectivity index (χ0v) is 9.66. The molecule has 0 aliphatic carbocycles. The third-order valence-electron chi connectivity index (χ3n) is 1.89. The smallest absolute Gasteiger partial charge is 0.104 e. The van der Waals surface area contributed by atoms with Gasteiger partial charge in [0.2, 0.25) is 0 Å². The van der Waals surface area contributed by atoms with Crippen molar-refractivity contribution in [1.82, 2.24) is 9.78 Å². The van der Waals surface area contributed by atoms with Crippen molar-refractivity contribution in [1.29, 1.82) is 0 Å². The van der Waals surface area contributed by atoms with Crippen LogP contribution in [0.3, 0.4) is 0 Å². The molecule has 0 saturated carbocycles. The SMILES string of the molecule is Clc1cccc(Cn2nccc2Br)c1. The van der Waals surface area contributed by atoms with Gasteiger partial charge in [-0.3, -0.25) is 4.68 Å².